The van der Waals surface area contributed by atoms with Crippen molar-refractivity contribution in [1.29, 1.82) is 0 Å². The third-order valence-electron chi connectivity index (χ3n) is 3.61. The van der Waals surface area contributed by atoms with Crippen molar-refractivity contribution in [1.82, 2.24) is 10.2 Å². The first-order valence-electron chi connectivity index (χ1n) is 7.87. The molecule has 0 atom stereocenters. The number of nitrogens with two attached hydrogens (primary N) is 1. The summed E-state index contributed by atoms with van der Waals surface area (Å²) in [7, 11) is 4.10. The molecule has 0 aliphatic carbocycles. The monoisotopic (exact) mass is 308 g/mol. The molecule has 0 unspecified atom stereocenters. The normalized spacial score (nSPS) is 14.0. The fraction of sp³-hybridized carbons (Fsp3) is 0.625. The zero-order valence-corrected chi connectivity index (χ0v) is 13.7. The second kappa shape index (κ2) is 8.82. The summed E-state index contributed by atoms with van der Waals surface area (Å²) >= 11 is 0. The summed E-state index contributed by atoms with van der Waals surface area (Å²) in [6.07, 6.45) is 0. The van der Waals surface area contributed by atoms with Gasteiger partial charge in [0.25, 0.3) is 0 Å². The van der Waals surface area contributed by atoms with Crippen LogP contribution in [0.5, 0.6) is 5.75 Å². The molecule has 6 nitrogen and oxygen atoms in total. The van der Waals surface area contributed by atoms with Gasteiger partial charge in [0.05, 0.1) is 25.4 Å². The van der Waals surface area contributed by atoms with E-state index in [1.165, 1.54) is 0 Å². The van der Waals surface area contributed by atoms with E-state index in [1.54, 1.807) is 0 Å². The number of likely N-dealkylation sites (N-methyl/N-ethyl adjacent to an activating group) is 1. The van der Waals surface area contributed by atoms with Gasteiger partial charge in [-0.2, -0.15) is 0 Å². The van der Waals surface area contributed by atoms with Gasteiger partial charge in [-0.25, -0.2) is 0 Å². The summed E-state index contributed by atoms with van der Waals surface area (Å²) in [6.45, 7) is 6.90. The van der Waals surface area contributed by atoms with Crippen molar-refractivity contribution in [2.45, 2.75) is 0 Å². The molecule has 0 fully saturated rings. The van der Waals surface area contributed by atoms with E-state index in [-0.39, 0.29) is 0 Å². The smallest absolute Gasteiger partial charge is 0.144 e. The molecular weight excluding hydrogens is 280 g/mol. The lowest BCUT2D eigenvalue weighted by molar-refractivity contribution is 0.119. The number of anilines is 2. The number of fused-ring (bicyclic) bond motifs is 1. The quantitative estimate of drug-likeness (QED) is 0.515. The largest absolute Gasteiger partial charge is 0.489 e. The molecule has 0 saturated carbocycles. The van der Waals surface area contributed by atoms with Crippen molar-refractivity contribution in [3.05, 3.63) is 18.2 Å². The Bertz CT molecular complexity index is 454. The predicted molar refractivity (Wildman–Crippen MR) is 90.8 cm³/mol. The number of nitrogen functional groups attached to an aromatic ring is 1. The maximum atomic E-state index is 5.80. The molecule has 1 aliphatic heterocycles. The Morgan fingerprint density at radius 2 is 2.18 bits per heavy atom. The lowest BCUT2D eigenvalue weighted by Gasteiger charge is -2.31. The van der Waals surface area contributed by atoms with Crippen LogP contribution in [-0.4, -0.2) is 71.5 Å². The van der Waals surface area contributed by atoms with Crippen molar-refractivity contribution in [2.75, 3.05) is 77.3 Å². The number of benzene rings is 1. The number of hydrogen-bond donors (Lipinski definition) is 2. The maximum absolute atomic E-state index is 5.80. The number of rotatable bonds is 9. The van der Waals surface area contributed by atoms with Crippen LogP contribution in [-0.2, 0) is 4.74 Å². The highest BCUT2D eigenvalue weighted by atomic mass is 16.5. The van der Waals surface area contributed by atoms with Crippen LogP contribution in [0.4, 0.5) is 11.4 Å². The third-order valence-corrected chi connectivity index (χ3v) is 3.61. The standard InChI is InChI=1S/C16H28N4O2/c1-19(2)8-11-21-10-6-18-5-7-20-9-12-22-16-13-14(17)3-4-15(16)20/h3-4,13,18H,5-12,17H2,1-2H3. The van der Waals surface area contributed by atoms with E-state index in [0.29, 0.717) is 6.61 Å². The average Bonchev–Trinajstić information content (AvgIpc) is 2.49. The van der Waals surface area contributed by atoms with Crippen LogP contribution in [0.3, 0.4) is 0 Å². The maximum Gasteiger partial charge on any atom is 0.144 e. The van der Waals surface area contributed by atoms with E-state index in [9.17, 15) is 0 Å². The Morgan fingerprint density at radius 1 is 1.32 bits per heavy atom. The fourth-order valence-electron chi connectivity index (χ4n) is 2.36. The minimum Gasteiger partial charge on any atom is -0.489 e. The fourth-order valence-corrected chi connectivity index (χ4v) is 2.36. The Balaban J connectivity index is 1.62. The van der Waals surface area contributed by atoms with Gasteiger partial charge in [-0.05, 0) is 26.2 Å². The average molecular weight is 308 g/mol. The zero-order valence-electron chi connectivity index (χ0n) is 13.7. The minimum atomic E-state index is 0.712. The van der Waals surface area contributed by atoms with Gasteiger partial charge in [-0.3, -0.25) is 0 Å². The van der Waals surface area contributed by atoms with Crippen LogP contribution in [0.1, 0.15) is 0 Å². The van der Waals surface area contributed by atoms with E-state index in [0.717, 1.165) is 63.1 Å². The highest BCUT2D eigenvalue weighted by Crippen LogP contribution is 2.32. The number of nitrogens with one attached hydrogen (secondary N) is 1. The molecule has 0 saturated heterocycles. The van der Waals surface area contributed by atoms with Gasteiger partial charge < -0.3 is 30.3 Å². The topological polar surface area (TPSA) is 63.0 Å². The Morgan fingerprint density at radius 3 is 3.00 bits per heavy atom. The van der Waals surface area contributed by atoms with Crippen molar-refractivity contribution in [2.24, 2.45) is 0 Å². The predicted octanol–water partition coefficient (Wildman–Crippen LogP) is 0.635. The first-order chi connectivity index (χ1) is 10.7. The Kier molecular flexibility index (Phi) is 6.76. The lowest BCUT2D eigenvalue weighted by Crippen LogP contribution is -2.38. The second-order valence-corrected chi connectivity index (χ2v) is 5.73. The minimum absolute atomic E-state index is 0.712. The summed E-state index contributed by atoms with van der Waals surface area (Å²) in [5.41, 5.74) is 7.67. The van der Waals surface area contributed by atoms with Crippen LogP contribution < -0.4 is 20.7 Å². The Labute approximate surface area is 133 Å². The highest BCUT2D eigenvalue weighted by molar-refractivity contribution is 5.65. The SMILES string of the molecule is CN(C)CCOCCNCCN1CCOc2cc(N)ccc21. The molecular formula is C16H28N4O2. The molecule has 0 bridgehead atoms. The van der Waals surface area contributed by atoms with E-state index in [4.69, 9.17) is 15.2 Å². The van der Waals surface area contributed by atoms with Gasteiger partial charge in [0.15, 0.2) is 0 Å². The molecule has 6 heteroatoms. The van der Waals surface area contributed by atoms with Crippen LogP contribution >= 0.6 is 0 Å². The van der Waals surface area contributed by atoms with Crippen LogP contribution in [0, 0.1) is 0 Å². The second-order valence-electron chi connectivity index (χ2n) is 5.73. The van der Waals surface area contributed by atoms with E-state index in [2.05, 4.69) is 29.2 Å². The van der Waals surface area contributed by atoms with Gasteiger partial charge in [0, 0.05) is 37.9 Å². The van der Waals surface area contributed by atoms with E-state index in [1.807, 2.05) is 18.2 Å². The van der Waals surface area contributed by atoms with Crippen LogP contribution in [0.15, 0.2) is 18.2 Å². The number of hydrogen-bond acceptors (Lipinski definition) is 6. The van der Waals surface area contributed by atoms with Crippen LogP contribution in [0.25, 0.3) is 0 Å². The lowest BCUT2D eigenvalue weighted by atomic mass is 10.2. The molecule has 1 heterocycles. The molecule has 1 aromatic carbocycles. The van der Waals surface area contributed by atoms with Crippen molar-refractivity contribution < 1.29 is 9.47 Å². The molecule has 1 aromatic rings. The van der Waals surface area contributed by atoms with Gasteiger partial charge in [0.1, 0.15) is 12.4 Å². The van der Waals surface area contributed by atoms with Crippen LogP contribution in [0.2, 0.25) is 0 Å². The first kappa shape index (κ1) is 16.9. The summed E-state index contributed by atoms with van der Waals surface area (Å²) < 4.78 is 11.2. The number of nitrogens with zero attached hydrogens (tertiary/aromatic N) is 2. The zero-order chi connectivity index (χ0) is 15.8. The summed E-state index contributed by atoms with van der Waals surface area (Å²) in [6, 6.07) is 5.86. The number of ether oxygens (including phenoxy) is 2. The Hall–Kier alpha value is -1.50. The molecule has 124 valence electrons. The molecule has 0 aromatic heterocycles. The molecule has 0 amide bonds. The van der Waals surface area contributed by atoms with Gasteiger partial charge in [-0.1, -0.05) is 0 Å². The van der Waals surface area contributed by atoms with E-state index < -0.39 is 0 Å². The molecule has 0 spiro atoms. The van der Waals surface area contributed by atoms with E-state index >= 15 is 0 Å². The van der Waals surface area contributed by atoms with Crippen molar-refractivity contribution in [3.63, 3.8) is 0 Å². The van der Waals surface area contributed by atoms with Gasteiger partial charge >= 0.3 is 0 Å². The molecule has 2 rings (SSSR count). The molecule has 1 aliphatic rings. The van der Waals surface area contributed by atoms with Crippen molar-refractivity contribution >= 4 is 11.4 Å². The van der Waals surface area contributed by atoms with Gasteiger partial charge in [-0.15, -0.1) is 0 Å². The summed E-state index contributed by atoms with van der Waals surface area (Å²) in [5.74, 6) is 0.887. The first-order valence-corrected chi connectivity index (χ1v) is 7.87. The summed E-state index contributed by atoms with van der Waals surface area (Å²) in [4.78, 5) is 4.45. The van der Waals surface area contributed by atoms with Gasteiger partial charge in [0.2, 0.25) is 0 Å². The molecule has 22 heavy (non-hydrogen) atoms. The molecule has 3 N–H and O–H groups in total. The molecule has 0 radical (unpaired) electrons. The highest BCUT2D eigenvalue weighted by Gasteiger charge is 2.17. The summed E-state index contributed by atoms with van der Waals surface area (Å²) in [5, 5.41) is 3.42. The van der Waals surface area contributed by atoms with Crippen molar-refractivity contribution in [3.8, 4) is 5.75 Å². The third kappa shape index (κ3) is 5.36.